The minimum absolute atomic E-state index is 0.0175. The minimum Gasteiger partial charge on any atom is -0.355 e. The van der Waals surface area contributed by atoms with Crippen molar-refractivity contribution in [3.05, 3.63) is 62.6 Å². The monoisotopic (exact) mass is 575 g/mol. The Bertz CT molecular complexity index is 1170. The normalized spacial score (nSPS) is 12.2. The number of anilines is 1. The van der Waals surface area contributed by atoms with E-state index in [1.165, 1.54) is 9.21 Å². The van der Waals surface area contributed by atoms with E-state index in [2.05, 4.69) is 5.32 Å². The van der Waals surface area contributed by atoms with Crippen LogP contribution in [-0.2, 0) is 26.2 Å². The van der Waals surface area contributed by atoms with Gasteiger partial charge in [-0.25, -0.2) is 8.42 Å². The first-order chi connectivity index (χ1) is 16.9. The third-order valence-electron chi connectivity index (χ3n) is 5.72. The van der Waals surface area contributed by atoms with E-state index in [0.717, 1.165) is 11.8 Å². The van der Waals surface area contributed by atoms with Crippen LogP contribution in [0.2, 0.25) is 15.1 Å². The number of nitrogens with zero attached hydrogens (tertiary/aromatic N) is 2. The van der Waals surface area contributed by atoms with E-state index in [9.17, 15) is 18.0 Å². The molecule has 1 unspecified atom stereocenters. The molecule has 0 bridgehead atoms. The molecule has 7 nitrogen and oxygen atoms in total. The van der Waals surface area contributed by atoms with Crippen molar-refractivity contribution in [2.45, 2.75) is 52.6 Å². The van der Waals surface area contributed by atoms with Crippen LogP contribution in [-0.4, -0.2) is 50.5 Å². The molecule has 0 spiro atoms. The number of rotatable bonds is 12. The zero-order valence-electron chi connectivity index (χ0n) is 20.9. The predicted molar refractivity (Wildman–Crippen MR) is 147 cm³/mol. The molecule has 198 valence electrons. The smallest absolute Gasteiger partial charge is 0.242 e. The second-order valence-electron chi connectivity index (χ2n) is 8.41. The molecule has 2 aromatic carbocycles. The Balaban J connectivity index is 2.29. The average Bonchev–Trinajstić information content (AvgIpc) is 2.79. The fourth-order valence-corrected chi connectivity index (χ4v) is 5.60. The molecular weight excluding hydrogens is 545 g/mol. The summed E-state index contributed by atoms with van der Waals surface area (Å²) in [6.07, 6.45) is 1.75. The van der Waals surface area contributed by atoms with Crippen LogP contribution in [0.1, 0.15) is 44.2 Å². The highest BCUT2D eigenvalue weighted by molar-refractivity contribution is 7.92. The van der Waals surface area contributed by atoms with Gasteiger partial charge < -0.3 is 10.2 Å². The number of carbonyl (C=O) groups is 2. The zero-order chi connectivity index (χ0) is 27.0. The minimum atomic E-state index is -3.63. The topological polar surface area (TPSA) is 86.8 Å². The summed E-state index contributed by atoms with van der Waals surface area (Å²) < 4.78 is 26.3. The van der Waals surface area contributed by atoms with Crippen molar-refractivity contribution in [1.82, 2.24) is 10.2 Å². The number of hydrogen-bond acceptors (Lipinski definition) is 4. The van der Waals surface area contributed by atoms with E-state index >= 15 is 0 Å². The van der Waals surface area contributed by atoms with Crippen LogP contribution >= 0.6 is 34.8 Å². The van der Waals surface area contributed by atoms with Crippen LogP contribution in [0, 0.1) is 6.92 Å². The summed E-state index contributed by atoms with van der Waals surface area (Å²) in [5, 5.41) is 3.98. The van der Waals surface area contributed by atoms with Crippen molar-refractivity contribution in [3.8, 4) is 0 Å². The molecule has 0 aliphatic heterocycles. The predicted octanol–water partition coefficient (Wildman–Crippen LogP) is 5.44. The maximum Gasteiger partial charge on any atom is 0.242 e. The number of aryl methyl sites for hydroxylation is 1. The molecule has 0 radical (unpaired) electrons. The molecular formula is C25H32Cl3N3O4S. The van der Waals surface area contributed by atoms with Gasteiger partial charge in [-0.2, -0.15) is 0 Å². The maximum absolute atomic E-state index is 13.4. The average molecular weight is 577 g/mol. The number of likely N-dealkylation sites (N-methyl/N-ethyl adjacent to an activating group) is 1. The second kappa shape index (κ2) is 13.5. The number of sulfonamides is 1. The molecule has 36 heavy (non-hydrogen) atoms. The summed E-state index contributed by atoms with van der Waals surface area (Å²) in [6.45, 7) is 5.97. The summed E-state index contributed by atoms with van der Waals surface area (Å²) in [5.74, 6) is -0.579. The molecule has 2 rings (SSSR count). The molecule has 2 aromatic rings. The summed E-state index contributed by atoms with van der Waals surface area (Å²) in [6, 6.07) is 9.35. The number of hydrogen-bond donors (Lipinski definition) is 1. The van der Waals surface area contributed by atoms with Gasteiger partial charge in [0.2, 0.25) is 21.8 Å². The second-order valence-corrected chi connectivity index (χ2v) is 11.6. The van der Waals surface area contributed by atoms with Crippen molar-refractivity contribution in [2.24, 2.45) is 0 Å². The van der Waals surface area contributed by atoms with Gasteiger partial charge in [0.05, 0.1) is 11.9 Å². The van der Waals surface area contributed by atoms with Gasteiger partial charge in [0, 0.05) is 46.7 Å². The van der Waals surface area contributed by atoms with Gasteiger partial charge in [0.25, 0.3) is 0 Å². The molecule has 0 fully saturated rings. The highest BCUT2D eigenvalue weighted by Gasteiger charge is 2.29. The van der Waals surface area contributed by atoms with Gasteiger partial charge >= 0.3 is 0 Å². The van der Waals surface area contributed by atoms with Crippen LogP contribution in [0.5, 0.6) is 0 Å². The Kier molecular flexibility index (Phi) is 11.3. The first-order valence-electron chi connectivity index (χ1n) is 11.6. The first-order valence-corrected chi connectivity index (χ1v) is 14.6. The molecule has 0 saturated carbocycles. The molecule has 1 N–H and O–H groups in total. The van der Waals surface area contributed by atoms with E-state index < -0.39 is 16.1 Å². The lowest BCUT2D eigenvalue weighted by Gasteiger charge is -2.31. The largest absolute Gasteiger partial charge is 0.355 e. The van der Waals surface area contributed by atoms with E-state index in [1.54, 1.807) is 50.2 Å². The van der Waals surface area contributed by atoms with Crippen LogP contribution < -0.4 is 9.62 Å². The molecule has 2 amide bonds. The lowest BCUT2D eigenvalue weighted by Crippen LogP contribution is -2.49. The van der Waals surface area contributed by atoms with Gasteiger partial charge in [0.15, 0.2) is 0 Å². The number of amides is 2. The fourth-order valence-electron chi connectivity index (χ4n) is 3.90. The van der Waals surface area contributed by atoms with E-state index in [-0.39, 0.29) is 37.7 Å². The Morgan fingerprint density at radius 1 is 1.06 bits per heavy atom. The van der Waals surface area contributed by atoms with Gasteiger partial charge in [-0.3, -0.25) is 13.9 Å². The Morgan fingerprint density at radius 3 is 2.25 bits per heavy atom. The van der Waals surface area contributed by atoms with Gasteiger partial charge in [-0.05, 0) is 56.5 Å². The molecule has 0 aliphatic carbocycles. The fraction of sp³-hybridized carbons (Fsp3) is 0.440. The molecule has 0 aromatic heterocycles. The SMILES string of the molecule is CCNC(=O)C(CC)N(Cc1c(Cl)cccc1Cl)C(=O)CCCN(c1cc(Cl)ccc1C)S(C)(=O)=O. The lowest BCUT2D eigenvalue weighted by atomic mass is 10.1. The molecule has 1 atom stereocenters. The summed E-state index contributed by atoms with van der Waals surface area (Å²) >= 11 is 18.8. The molecule has 0 heterocycles. The summed E-state index contributed by atoms with van der Waals surface area (Å²) in [7, 11) is -3.63. The van der Waals surface area contributed by atoms with Crippen molar-refractivity contribution in [1.29, 1.82) is 0 Å². The zero-order valence-corrected chi connectivity index (χ0v) is 23.9. The maximum atomic E-state index is 13.4. The van der Waals surface area contributed by atoms with Crippen LogP contribution in [0.3, 0.4) is 0 Å². The quantitative estimate of drug-likeness (QED) is 0.364. The van der Waals surface area contributed by atoms with E-state index in [0.29, 0.717) is 39.3 Å². The molecule has 0 saturated heterocycles. The third-order valence-corrected chi connectivity index (χ3v) is 7.84. The van der Waals surface area contributed by atoms with Crippen LogP contribution in [0.4, 0.5) is 5.69 Å². The van der Waals surface area contributed by atoms with Crippen molar-refractivity contribution in [3.63, 3.8) is 0 Å². The number of carbonyl (C=O) groups excluding carboxylic acids is 2. The Hall–Kier alpha value is -2.00. The molecule has 11 heteroatoms. The van der Waals surface area contributed by atoms with Crippen LogP contribution in [0.15, 0.2) is 36.4 Å². The summed E-state index contributed by atoms with van der Waals surface area (Å²) in [5.41, 5.74) is 1.75. The van der Waals surface area contributed by atoms with Crippen LogP contribution in [0.25, 0.3) is 0 Å². The van der Waals surface area contributed by atoms with Crippen molar-refractivity contribution in [2.75, 3.05) is 23.7 Å². The van der Waals surface area contributed by atoms with Gasteiger partial charge in [-0.1, -0.05) is 53.9 Å². The number of nitrogens with one attached hydrogen (secondary N) is 1. The lowest BCUT2D eigenvalue weighted by molar-refractivity contribution is -0.141. The first kappa shape index (κ1) is 30.2. The highest BCUT2D eigenvalue weighted by atomic mass is 35.5. The Labute approximate surface area is 228 Å². The Morgan fingerprint density at radius 2 is 1.69 bits per heavy atom. The molecule has 0 aliphatic rings. The van der Waals surface area contributed by atoms with Gasteiger partial charge in [-0.15, -0.1) is 0 Å². The number of halogens is 3. The standard InChI is InChI=1S/C25H32Cl3N3O4S/c1-5-22(25(33)29-6-2)30(16-19-20(27)9-7-10-21(19)28)24(32)11-8-14-31(36(4,34)35)23-15-18(26)13-12-17(23)3/h7,9-10,12-13,15,22H,5-6,8,11,14,16H2,1-4H3,(H,29,33). The van der Waals surface area contributed by atoms with E-state index in [4.69, 9.17) is 34.8 Å². The summed E-state index contributed by atoms with van der Waals surface area (Å²) in [4.78, 5) is 27.7. The van der Waals surface area contributed by atoms with Gasteiger partial charge in [0.1, 0.15) is 6.04 Å². The van der Waals surface area contributed by atoms with Crippen molar-refractivity contribution >= 4 is 62.3 Å². The highest BCUT2D eigenvalue weighted by Crippen LogP contribution is 2.29. The number of benzene rings is 2. The third kappa shape index (κ3) is 8.00. The van der Waals surface area contributed by atoms with E-state index in [1.807, 2.05) is 6.92 Å². The van der Waals surface area contributed by atoms with Crippen molar-refractivity contribution < 1.29 is 18.0 Å².